The number of hydrogen-bond donors (Lipinski definition) is 4. The third kappa shape index (κ3) is 4.54. The van der Waals surface area contributed by atoms with Gasteiger partial charge in [-0.2, -0.15) is 0 Å². The van der Waals surface area contributed by atoms with Gasteiger partial charge in [-0.15, -0.1) is 0 Å². The molecule has 1 aromatic rings. The van der Waals surface area contributed by atoms with Gasteiger partial charge in [0.1, 0.15) is 24.4 Å². The van der Waals surface area contributed by atoms with E-state index in [2.05, 4.69) is 5.32 Å². The van der Waals surface area contributed by atoms with Gasteiger partial charge in [-0.1, -0.05) is 24.3 Å². The van der Waals surface area contributed by atoms with Gasteiger partial charge in [-0.05, 0) is 11.1 Å². The molecule has 8 nitrogen and oxygen atoms in total. The van der Waals surface area contributed by atoms with E-state index in [1.165, 1.54) is 31.2 Å². The number of carbonyl (C=O) groups excluding carboxylic acids is 2. The zero-order valence-electron chi connectivity index (χ0n) is 13.4. The molecule has 0 saturated carbocycles. The number of amides is 1. The number of aromatic carboxylic acids is 1. The predicted molar refractivity (Wildman–Crippen MR) is 75.1 cm³/mol. The number of carboxylic acids is 1. The fraction of sp³-hybridized carbons (Fsp3) is 0.467. The third-order valence-corrected chi connectivity index (χ3v) is 3.77. The topological polar surface area (TPSA) is 139 Å². The van der Waals surface area contributed by atoms with E-state index in [1.54, 1.807) is 0 Å². The minimum atomic E-state index is -1.37. The predicted octanol–water partition coefficient (Wildman–Crippen LogP) is -5.29. The van der Waals surface area contributed by atoms with Crippen LogP contribution in [0.5, 0.6) is 0 Å². The van der Waals surface area contributed by atoms with Crippen molar-refractivity contribution in [3.05, 3.63) is 35.4 Å². The van der Waals surface area contributed by atoms with Crippen LogP contribution in [0.15, 0.2) is 24.3 Å². The standard InChI is InChI=1S/C15H19NO7.Na/c1-7(18)16-11-13(20)12(19)10(6-17)23-14(11)8-2-4-9(5-3-8)15(21)22;/h2-5,10-14,17,19-20H,6H2,1H3,(H,16,18)(H,21,22);/q;+1/p-1/t10-,11-,12-,13-,14+;/m1./s1. The van der Waals surface area contributed by atoms with Gasteiger partial charge < -0.3 is 35.3 Å². The minimum absolute atomic E-state index is 0. The fourth-order valence-corrected chi connectivity index (χ4v) is 2.61. The maximum absolute atomic E-state index is 11.3. The molecular weight excluding hydrogens is 329 g/mol. The summed E-state index contributed by atoms with van der Waals surface area (Å²) in [6.07, 6.45) is -4.60. The Balaban J connectivity index is 0.00000288. The van der Waals surface area contributed by atoms with Crippen LogP contribution in [0.1, 0.15) is 28.9 Å². The zero-order valence-corrected chi connectivity index (χ0v) is 15.4. The summed E-state index contributed by atoms with van der Waals surface area (Å²) in [7, 11) is 0. The summed E-state index contributed by atoms with van der Waals surface area (Å²) in [5.74, 6) is -1.76. The fourth-order valence-electron chi connectivity index (χ4n) is 2.61. The Morgan fingerprint density at radius 2 is 1.79 bits per heavy atom. The molecule has 1 aliphatic heterocycles. The maximum atomic E-state index is 11.3. The molecule has 0 unspecified atom stereocenters. The number of carbonyl (C=O) groups is 2. The molecule has 0 spiro atoms. The van der Waals surface area contributed by atoms with Crippen LogP contribution in [-0.4, -0.2) is 58.2 Å². The summed E-state index contributed by atoms with van der Waals surface area (Å²) in [6.45, 7) is 0.742. The van der Waals surface area contributed by atoms with Crippen molar-refractivity contribution in [3.8, 4) is 0 Å². The van der Waals surface area contributed by atoms with Crippen molar-refractivity contribution < 1.29 is 64.3 Å². The summed E-state index contributed by atoms with van der Waals surface area (Å²) >= 11 is 0. The van der Waals surface area contributed by atoms with Crippen molar-refractivity contribution in [3.63, 3.8) is 0 Å². The summed E-state index contributed by atoms with van der Waals surface area (Å²) in [5.41, 5.74) is 0.457. The van der Waals surface area contributed by atoms with Crippen LogP contribution in [0, 0.1) is 0 Å². The van der Waals surface area contributed by atoms with Crippen LogP contribution in [0.4, 0.5) is 0 Å². The van der Waals surface area contributed by atoms with Gasteiger partial charge in [0.2, 0.25) is 5.91 Å². The van der Waals surface area contributed by atoms with E-state index in [0.29, 0.717) is 5.56 Å². The Bertz CT molecular complexity index is 580. The quantitative estimate of drug-likeness (QED) is 0.399. The third-order valence-electron chi connectivity index (χ3n) is 3.77. The van der Waals surface area contributed by atoms with Crippen LogP contribution in [0.25, 0.3) is 0 Å². The van der Waals surface area contributed by atoms with E-state index >= 15 is 0 Å². The van der Waals surface area contributed by atoms with Crippen molar-refractivity contribution in [2.75, 3.05) is 6.61 Å². The van der Waals surface area contributed by atoms with Crippen LogP contribution in [-0.2, 0) is 9.53 Å². The number of aliphatic hydroxyl groups excluding tert-OH is 3. The van der Waals surface area contributed by atoms with E-state index in [-0.39, 0.29) is 35.1 Å². The molecule has 0 aromatic heterocycles. The average molecular weight is 347 g/mol. The SMILES string of the molecule is CC(=O)N[C@@H]1[C@@H](O)[C@H](O)[C@@H](CO)O[C@H]1c1ccc(C(=O)[O-])cc1.[Na+]. The molecule has 5 atom stereocenters. The van der Waals surface area contributed by atoms with Gasteiger partial charge in [0, 0.05) is 6.92 Å². The van der Waals surface area contributed by atoms with Crippen LogP contribution in [0.2, 0.25) is 0 Å². The first-order valence-electron chi connectivity index (χ1n) is 7.06. The Labute approximate surface area is 160 Å². The molecule has 24 heavy (non-hydrogen) atoms. The Morgan fingerprint density at radius 1 is 1.21 bits per heavy atom. The van der Waals surface area contributed by atoms with E-state index < -0.39 is 48.9 Å². The van der Waals surface area contributed by atoms with Gasteiger partial charge >= 0.3 is 29.6 Å². The summed E-state index contributed by atoms with van der Waals surface area (Å²) in [5, 5.41) is 42.7. The van der Waals surface area contributed by atoms with Gasteiger partial charge in [0.05, 0.1) is 18.6 Å². The van der Waals surface area contributed by atoms with E-state index in [4.69, 9.17) is 4.74 Å². The first kappa shape index (κ1) is 21.0. The molecule has 0 aliphatic carbocycles. The van der Waals surface area contributed by atoms with Crippen LogP contribution < -0.4 is 40.0 Å². The maximum Gasteiger partial charge on any atom is 1.00 e. The summed E-state index contributed by atoms with van der Waals surface area (Å²) in [4.78, 5) is 22.1. The Kier molecular flexibility index (Phi) is 7.81. The number of hydrogen-bond acceptors (Lipinski definition) is 7. The molecule has 1 aromatic carbocycles. The molecule has 0 bridgehead atoms. The molecule has 9 heteroatoms. The molecule has 1 aliphatic rings. The Hall–Kier alpha value is -1.000. The Morgan fingerprint density at radius 3 is 2.25 bits per heavy atom. The average Bonchev–Trinajstić information content (AvgIpc) is 2.52. The largest absolute Gasteiger partial charge is 1.00 e. The molecule has 1 amide bonds. The van der Waals surface area contributed by atoms with Gasteiger partial charge in [0.25, 0.3) is 0 Å². The number of carboxylic acid groups (broad SMARTS) is 1. The summed E-state index contributed by atoms with van der Waals surface area (Å²) < 4.78 is 5.58. The molecule has 1 fully saturated rings. The minimum Gasteiger partial charge on any atom is -0.545 e. The van der Waals surface area contributed by atoms with Crippen LogP contribution in [0.3, 0.4) is 0 Å². The second-order valence-electron chi connectivity index (χ2n) is 5.39. The number of ether oxygens (including phenoxy) is 1. The number of benzene rings is 1. The second kappa shape index (κ2) is 8.91. The van der Waals surface area contributed by atoms with E-state index in [0.717, 1.165) is 0 Å². The van der Waals surface area contributed by atoms with Crippen molar-refractivity contribution >= 4 is 11.9 Å². The normalized spacial score (nSPS) is 29.4. The van der Waals surface area contributed by atoms with Gasteiger partial charge in [-0.3, -0.25) is 4.79 Å². The molecular formula is C15H18NNaO7. The van der Waals surface area contributed by atoms with Crippen molar-refractivity contribution in [2.24, 2.45) is 0 Å². The first-order chi connectivity index (χ1) is 10.8. The molecule has 1 heterocycles. The molecule has 2 rings (SSSR count). The van der Waals surface area contributed by atoms with Crippen molar-refractivity contribution in [1.29, 1.82) is 0 Å². The zero-order chi connectivity index (χ0) is 17.1. The first-order valence-corrected chi connectivity index (χ1v) is 7.06. The second-order valence-corrected chi connectivity index (χ2v) is 5.39. The summed E-state index contributed by atoms with van der Waals surface area (Å²) in [6, 6.07) is 4.60. The smallest absolute Gasteiger partial charge is 0.545 e. The molecule has 126 valence electrons. The van der Waals surface area contributed by atoms with Crippen molar-refractivity contribution in [2.45, 2.75) is 37.4 Å². The van der Waals surface area contributed by atoms with E-state index in [1.807, 2.05) is 0 Å². The number of rotatable bonds is 4. The molecule has 0 radical (unpaired) electrons. The molecule has 4 N–H and O–H groups in total. The van der Waals surface area contributed by atoms with Crippen LogP contribution >= 0.6 is 0 Å². The van der Waals surface area contributed by atoms with Gasteiger partial charge in [-0.25, -0.2) is 0 Å². The number of nitrogens with one attached hydrogen (secondary N) is 1. The monoisotopic (exact) mass is 347 g/mol. The van der Waals surface area contributed by atoms with Crippen molar-refractivity contribution in [1.82, 2.24) is 5.32 Å². The van der Waals surface area contributed by atoms with E-state index in [9.17, 15) is 30.0 Å². The van der Waals surface area contributed by atoms with Gasteiger partial charge in [0.15, 0.2) is 0 Å². The molecule has 1 saturated heterocycles. The number of aliphatic hydroxyl groups is 3.